The highest BCUT2D eigenvalue weighted by Crippen LogP contribution is 2.10. The third-order valence-electron chi connectivity index (χ3n) is 3.55. The molecule has 0 saturated carbocycles. The molecule has 2 aromatic carbocycles. The van der Waals surface area contributed by atoms with Crippen LogP contribution in [0.2, 0.25) is 0 Å². The van der Waals surface area contributed by atoms with E-state index in [-0.39, 0.29) is 17.8 Å². The number of nitro groups is 1. The number of nitrogens with zero attached hydrogens (tertiary/aromatic N) is 4. The number of hydrogen-bond donors (Lipinski definition) is 1. The summed E-state index contributed by atoms with van der Waals surface area (Å²) in [6.07, 6.45) is 2.66. The number of amides is 1. The minimum Gasteiger partial charge on any atom is -0.289 e. The molecule has 1 aromatic heterocycles. The van der Waals surface area contributed by atoms with Crippen LogP contribution in [0.4, 0.5) is 5.69 Å². The number of carbonyl (C=O) groups is 1. The monoisotopic (exact) mass is 351 g/mol. The zero-order valence-corrected chi connectivity index (χ0v) is 13.4. The highest BCUT2D eigenvalue weighted by Gasteiger charge is 2.07. The number of carbonyl (C=O) groups excluding carboxylic acids is 1. The number of nitro benzene ring substituents is 1. The lowest BCUT2D eigenvalue weighted by Gasteiger charge is -2.05. The van der Waals surface area contributed by atoms with Crippen LogP contribution in [0, 0.1) is 10.1 Å². The van der Waals surface area contributed by atoms with Crippen molar-refractivity contribution in [1.29, 1.82) is 0 Å². The molecule has 0 spiro atoms. The number of nitrogens with one attached hydrogen (secondary N) is 1. The predicted molar refractivity (Wildman–Crippen MR) is 94.8 cm³/mol. The first-order valence-electron chi connectivity index (χ1n) is 7.55. The van der Waals surface area contributed by atoms with E-state index in [2.05, 4.69) is 15.5 Å². The van der Waals surface area contributed by atoms with Crippen LogP contribution in [-0.4, -0.2) is 26.6 Å². The molecular formula is C17H13N5O4. The summed E-state index contributed by atoms with van der Waals surface area (Å²) in [5.74, 6) is -0.498. The number of fused-ring (bicyclic) bond motifs is 1. The van der Waals surface area contributed by atoms with E-state index < -0.39 is 10.8 Å². The normalized spacial score (nSPS) is 10.9. The maximum absolute atomic E-state index is 12.3. The van der Waals surface area contributed by atoms with E-state index in [9.17, 15) is 19.7 Å². The van der Waals surface area contributed by atoms with Crippen LogP contribution in [0.15, 0.2) is 64.8 Å². The lowest BCUT2D eigenvalue weighted by Crippen LogP contribution is -2.30. The fraction of sp³-hybridized carbons (Fsp3) is 0.0588. The van der Waals surface area contributed by atoms with Crippen molar-refractivity contribution in [3.05, 3.63) is 80.9 Å². The summed E-state index contributed by atoms with van der Waals surface area (Å²) in [5, 5.41) is 14.8. The molecule has 1 amide bonds. The Morgan fingerprint density at radius 2 is 1.96 bits per heavy atom. The first kappa shape index (κ1) is 17.0. The fourth-order valence-corrected chi connectivity index (χ4v) is 2.27. The van der Waals surface area contributed by atoms with E-state index in [4.69, 9.17) is 0 Å². The van der Waals surface area contributed by atoms with Crippen LogP contribution in [0.5, 0.6) is 0 Å². The van der Waals surface area contributed by atoms with E-state index in [1.165, 1.54) is 41.4 Å². The highest BCUT2D eigenvalue weighted by atomic mass is 16.6. The zero-order valence-electron chi connectivity index (χ0n) is 13.4. The van der Waals surface area contributed by atoms with Gasteiger partial charge in [0.15, 0.2) is 0 Å². The van der Waals surface area contributed by atoms with E-state index in [1.54, 1.807) is 24.3 Å². The average molecular weight is 351 g/mol. The van der Waals surface area contributed by atoms with Crippen molar-refractivity contribution >= 4 is 28.7 Å². The van der Waals surface area contributed by atoms with Crippen LogP contribution in [0.3, 0.4) is 0 Å². The lowest BCUT2D eigenvalue weighted by molar-refractivity contribution is -0.384. The molecule has 0 aliphatic rings. The van der Waals surface area contributed by atoms with Crippen LogP contribution in [-0.2, 0) is 11.3 Å². The van der Waals surface area contributed by atoms with Crippen LogP contribution >= 0.6 is 0 Å². The van der Waals surface area contributed by atoms with Gasteiger partial charge in [-0.15, -0.1) is 0 Å². The largest absolute Gasteiger partial charge is 0.289 e. The number of non-ortho nitro benzene ring substituents is 1. The molecule has 26 heavy (non-hydrogen) atoms. The summed E-state index contributed by atoms with van der Waals surface area (Å²) in [7, 11) is 0. The molecule has 1 heterocycles. The van der Waals surface area contributed by atoms with Crippen LogP contribution in [0.25, 0.3) is 10.9 Å². The molecule has 0 radical (unpaired) electrons. The molecule has 9 nitrogen and oxygen atoms in total. The Morgan fingerprint density at radius 3 is 2.69 bits per heavy atom. The molecule has 0 bridgehead atoms. The minimum atomic E-state index is -0.502. The number of aromatic nitrogens is 2. The van der Waals surface area contributed by atoms with Gasteiger partial charge in [-0.3, -0.25) is 24.3 Å². The molecular weight excluding hydrogens is 338 g/mol. The molecule has 0 atom stereocenters. The van der Waals surface area contributed by atoms with Crippen molar-refractivity contribution in [3.63, 3.8) is 0 Å². The van der Waals surface area contributed by atoms with Crippen molar-refractivity contribution in [2.24, 2.45) is 5.10 Å². The molecule has 0 unspecified atom stereocenters. The number of hydrazone groups is 1. The first-order valence-corrected chi connectivity index (χ1v) is 7.55. The topological polar surface area (TPSA) is 119 Å². The van der Waals surface area contributed by atoms with Gasteiger partial charge in [0.05, 0.1) is 28.4 Å². The van der Waals surface area contributed by atoms with E-state index in [0.717, 1.165) is 0 Å². The molecule has 3 rings (SSSR count). The Balaban J connectivity index is 1.65. The third-order valence-corrected chi connectivity index (χ3v) is 3.55. The van der Waals surface area contributed by atoms with E-state index in [0.29, 0.717) is 16.5 Å². The molecule has 0 aliphatic heterocycles. The fourth-order valence-electron chi connectivity index (χ4n) is 2.27. The second-order valence-corrected chi connectivity index (χ2v) is 5.34. The zero-order chi connectivity index (χ0) is 18.5. The molecule has 9 heteroatoms. The quantitative estimate of drug-likeness (QED) is 0.424. The van der Waals surface area contributed by atoms with Gasteiger partial charge in [-0.2, -0.15) is 5.10 Å². The Bertz CT molecular complexity index is 1060. The lowest BCUT2D eigenvalue weighted by atomic mass is 10.2. The van der Waals surface area contributed by atoms with Gasteiger partial charge >= 0.3 is 0 Å². The standard InChI is InChI=1S/C17H13N5O4/c23-16(20-19-9-12-5-7-13(8-6-12)22(25)26)10-21-11-18-15-4-2-1-3-14(15)17(21)24/h1-9,11H,10H2,(H,20,23)/b19-9+. The van der Waals surface area contributed by atoms with Gasteiger partial charge in [-0.05, 0) is 29.8 Å². The first-order chi connectivity index (χ1) is 12.5. The van der Waals surface area contributed by atoms with E-state index in [1.807, 2.05) is 0 Å². The van der Waals surface area contributed by atoms with Gasteiger partial charge in [0, 0.05) is 12.1 Å². The third kappa shape index (κ3) is 3.78. The van der Waals surface area contributed by atoms with Crippen LogP contribution in [0.1, 0.15) is 5.56 Å². The Hall–Kier alpha value is -3.88. The van der Waals surface area contributed by atoms with Crippen molar-refractivity contribution in [3.8, 4) is 0 Å². The summed E-state index contributed by atoms with van der Waals surface area (Å²) < 4.78 is 1.19. The summed E-state index contributed by atoms with van der Waals surface area (Å²) in [6, 6.07) is 12.6. The Kier molecular flexibility index (Phi) is 4.79. The number of para-hydroxylation sites is 1. The Morgan fingerprint density at radius 1 is 1.23 bits per heavy atom. The maximum Gasteiger partial charge on any atom is 0.269 e. The van der Waals surface area contributed by atoms with Gasteiger partial charge in [0.25, 0.3) is 17.2 Å². The van der Waals surface area contributed by atoms with E-state index >= 15 is 0 Å². The van der Waals surface area contributed by atoms with Gasteiger partial charge in [0.1, 0.15) is 6.54 Å². The Labute approximate surface area is 146 Å². The van der Waals surface area contributed by atoms with Gasteiger partial charge < -0.3 is 0 Å². The minimum absolute atomic E-state index is 0.0330. The van der Waals surface area contributed by atoms with Crippen molar-refractivity contribution < 1.29 is 9.72 Å². The maximum atomic E-state index is 12.3. The van der Waals surface area contributed by atoms with Crippen molar-refractivity contribution in [2.75, 3.05) is 0 Å². The summed E-state index contributed by atoms with van der Waals surface area (Å²) in [6.45, 7) is -0.228. The number of hydrogen-bond acceptors (Lipinski definition) is 6. The van der Waals surface area contributed by atoms with Crippen molar-refractivity contribution in [1.82, 2.24) is 15.0 Å². The van der Waals surface area contributed by atoms with Gasteiger partial charge in [-0.1, -0.05) is 12.1 Å². The number of benzene rings is 2. The van der Waals surface area contributed by atoms with Gasteiger partial charge in [-0.25, -0.2) is 10.4 Å². The van der Waals surface area contributed by atoms with Crippen LogP contribution < -0.4 is 11.0 Å². The SMILES string of the molecule is O=C(Cn1cnc2ccccc2c1=O)N/N=C/c1ccc([N+](=O)[O-])cc1. The molecule has 3 aromatic rings. The molecule has 0 aliphatic carbocycles. The molecule has 1 N–H and O–H groups in total. The smallest absolute Gasteiger partial charge is 0.269 e. The highest BCUT2D eigenvalue weighted by molar-refractivity contribution is 5.83. The molecule has 0 saturated heterocycles. The number of rotatable bonds is 5. The second-order valence-electron chi connectivity index (χ2n) is 5.34. The van der Waals surface area contributed by atoms with Gasteiger partial charge in [0.2, 0.25) is 0 Å². The summed E-state index contributed by atoms with van der Waals surface area (Å²) >= 11 is 0. The van der Waals surface area contributed by atoms with Crippen molar-refractivity contribution in [2.45, 2.75) is 6.54 Å². The molecule has 130 valence electrons. The average Bonchev–Trinajstić information content (AvgIpc) is 2.65. The summed E-state index contributed by atoms with van der Waals surface area (Å²) in [4.78, 5) is 38.4. The second kappa shape index (κ2) is 7.34. The summed E-state index contributed by atoms with van der Waals surface area (Å²) in [5.41, 5.74) is 3.10. The predicted octanol–water partition coefficient (Wildman–Crippen LogP) is 1.46. The molecule has 0 fully saturated rings.